The van der Waals surface area contributed by atoms with Crippen molar-refractivity contribution < 1.29 is 0 Å². The summed E-state index contributed by atoms with van der Waals surface area (Å²) < 4.78 is 0. The third-order valence-corrected chi connectivity index (χ3v) is 4.85. The zero-order chi connectivity index (χ0) is 16.1. The van der Waals surface area contributed by atoms with Crippen molar-refractivity contribution in [3.63, 3.8) is 0 Å². The molecule has 0 N–H and O–H groups in total. The summed E-state index contributed by atoms with van der Waals surface area (Å²) >= 11 is 11.8. The van der Waals surface area contributed by atoms with Crippen LogP contribution in [0.15, 0.2) is 48.5 Å². The zero-order valence-corrected chi connectivity index (χ0v) is 17.2. The minimum atomic E-state index is 0. The minimum absolute atomic E-state index is 0. The third kappa shape index (κ3) is 6.32. The van der Waals surface area contributed by atoms with Gasteiger partial charge in [0.05, 0.1) is 0 Å². The molecule has 2 nitrogen and oxygen atoms in total. The quantitative estimate of drug-likeness (QED) is 0.611. The smallest absolute Gasteiger partial charge is 0.0406 e. The van der Waals surface area contributed by atoms with Gasteiger partial charge in [0.1, 0.15) is 0 Å². The summed E-state index contributed by atoms with van der Waals surface area (Å²) in [7, 11) is 0. The van der Waals surface area contributed by atoms with Crippen LogP contribution in [0.2, 0.25) is 5.02 Å². The van der Waals surface area contributed by atoms with E-state index in [2.05, 4.69) is 46.2 Å². The van der Waals surface area contributed by atoms with Gasteiger partial charge in [-0.1, -0.05) is 48.0 Å². The van der Waals surface area contributed by atoms with E-state index in [0.29, 0.717) is 0 Å². The average molecular weight is 422 g/mol. The second-order valence-corrected chi connectivity index (χ2v) is 6.79. The maximum atomic E-state index is 6.01. The van der Waals surface area contributed by atoms with Crippen LogP contribution in [0.25, 0.3) is 11.1 Å². The van der Waals surface area contributed by atoms with Crippen molar-refractivity contribution in [2.75, 3.05) is 38.6 Å². The highest BCUT2D eigenvalue weighted by Crippen LogP contribution is 2.26. The van der Waals surface area contributed by atoms with E-state index in [4.69, 9.17) is 23.2 Å². The predicted octanol–water partition coefficient (Wildman–Crippen LogP) is 5.21. The molecule has 0 spiro atoms. The van der Waals surface area contributed by atoms with Crippen molar-refractivity contribution in [3.8, 4) is 11.1 Å². The number of hydrogen-bond donors (Lipinski definition) is 0. The fraction of sp³-hybridized carbons (Fsp3) is 0.368. The molecular weight excluding hydrogens is 398 g/mol. The Morgan fingerprint density at radius 3 is 2.04 bits per heavy atom. The van der Waals surface area contributed by atoms with Crippen LogP contribution in [0.5, 0.6) is 0 Å². The first-order valence-electron chi connectivity index (χ1n) is 8.11. The topological polar surface area (TPSA) is 6.48 Å². The number of piperazine rings is 1. The van der Waals surface area contributed by atoms with E-state index in [1.54, 1.807) is 0 Å². The molecule has 0 bridgehead atoms. The van der Waals surface area contributed by atoms with E-state index < -0.39 is 0 Å². The molecule has 0 saturated carbocycles. The molecule has 3 rings (SSSR count). The molecule has 0 radical (unpaired) electrons. The molecule has 25 heavy (non-hydrogen) atoms. The highest BCUT2D eigenvalue weighted by Gasteiger charge is 2.17. The average Bonchev–Trinajstić information content (AvgIpc) is 2.58. The molecule has 1 heterocycles. The summed E-state index contributed by atoms with van der Waals surface area (Å²) in [5.41, 5.74) is 3.90. The Hall–Kier alpha value is -0.480. The summed E-state index contributed by atoms with van der Waals surface area (Å²) in [4.78, 5) is 4.97. The second-order valence-electron chi connectivity index (χ2n) is 5.97. The second kappa shape index (κ2) is 11.3. The Bertz CT molecular complexity index is 626. The molecular formula is C19H24Cl4N2. The number of alkyl halides is 1. The molecule has 138 valence electrons. The van der Waals surface area contributed by atoms with Gasteiger partial charge in [0.15, 0.2) is 0 Å². The molecule has 2 aromatic carbocycles. The fourth-order valence-electron chi connectivity index (χ4n) is 3.10. The first kappa shape index (κ1) is 22.6. The predicted molar refractivity (Wildman–Crippen MR) is 114 cm³/mol. The first-order valence-corrected chi connectivity index (χ1v) is 9.02. The molecule has 1 fully saturated rings. The molecule has 1 saturated heterocycles. The van der Waals surface area contributed by atoms with Crippen LogP contribution in [-0.4, -0.2) is 48.4 Å². The van der Waals surface area contributed by atoms with Crippen LogP contribution in [0.4, 0.5) is 0 Å². The Labute approximate surface area is 172 Å². The third-order valence-electron chi connectivity index (χ3n) is 4.43. The maximum Gasteiger partial charge on any atom is 0.0406 e. The van der Waals surface area contributed by atoms with Crippen molar-refractivity contribution in [1.82, 2.24) is 9.80 Å². The highest BCUT2D eigenvalue weighted by atomic mass is 35.5. The summed E-state index contributed by atoms with van der Waals surface area (Å²) in [6, 6.07) is 16.8. The fourth-order valence-corrected chi connectivity index (χ4v) is 3.47. The monoisotopic (exact) mass is 420 g/mol. The molecule has 1 aliphatic heterocycles. The summed E-state index contributed by atoms with van der Waals surface area (Å²) in [5, 5.41) is 0.779. The minimum Gasteiger partial charge on any atom is -0.300 e. The Morgan fingerprint density at radius 1 is 0.800 bits per heavy atom. The van der Waals surface area contributed by atoms with E-state index in [1.807, 2.05) is 12.1 Å². The molecule has 0 amide bonds. The van der Waals surface area contributed by atoms with Crippen molar-refractivity contribution in [1.29, 1.82) is 0 Å². The van der Waals surface area contributed by atoms with Gasteiger partial charge in [-0.05, 0) is 28.8 Å². The van der Waals surface area contributed by atoms with Gasteiger partial charge in [-0.3, -0.25) is 9.80 Å². The van der Waals surface area contributed by atoms with Gasteiger partial charge >= 0.3 is 0 Å². The highest BCUT2D eigenvalue weighted by molar-refractivity contribution is 6.30. The molecule has 0 aromatic heterocycles. The molecule has 1 aliphatic rings. The first-order chi connectivity index (χ1) is 11.3. The SMILES string of the molecule is Cl.Cl.ClCCN1CCN(Cc2ccccc2-c2ccc(Cl)cc2)CC1. The van der Waals surface area contributed by atoms with Crippen LogP contribution >= 0.6 is 48.0 Å². The van der Waals surface area contributed by atoms with Crippen molar-refractivity contribution in [3.05, 3.63) is 59.1 Å². The van der Waals surface area contributed by atoms with Gasteiger partial charge in [-0.15, -0.1) is 36.4 Å². The van der Waals surface area contributed by atoms with Gasteiger partial charge in [-0.25, -0.2) is 0 Å². The lowest BCUT2D eigenvalue weighted by molar-refractivity contribution is 0.132. The van der Waals surface area contributed by atoms with Crippen molar-refractivity contribution >= 4 is 48.0 Å². The van der Waals surface area contributed by atoms with Crippen LogP contribution < -0.4 is 0 Å². The number of halogens is 4. The molecule has 2 aromatic rings. The van der Waals surface area contributed by atoms with Gasteiger partial charge < -0.3 is 0 Å². The van der Waals surface area contributed by atoms with Gasteiger partial charge in [0.25, 0.3) is 0 Å². The van der Waals surface area contributed by atoms with Gasteiger partial charge in [-0.2, -0.15) is 0 Å². The summed E-state index contributed by atoms with van der Waals surface area (Å²) in [5.74, 6) is 0.722. The molecule has 0 unspecified atom stereocenters. The lowest BCUT2D eigenvalue weighted by Crippen LogP contribution is -2.46. The Balaban J connectivity index is 0.00000156. The summed E-state index contributed by atoms with van der Waals surface area (Å²) in [6.45, 7) is 6.41. The molecule has 0 aliphatic carbocycles. The molecule has 6 heteroatoms. The summed E-state index contributed by atoms with van der Waals surface area (Å²) in [6.07, 6.45) is 0. The van der Waals surface area contributed by atoms with E-state index in [-0.39, 0.29) is 24.8 Å². The zero-order valence-electron chi connectivity index (χ0n) is 14.0. The van der Waals surface area contributed by atoms with E-state index in [9.17, 15) is 0 Å². The Kier molecular flexibility index (Phi) is 10.2. The van der Waals surface area contributed by atoms with E-state index in [0.717, 1.165) is 50.2 Å². The van der Waals surface area contributed by atoms with E-state index in [1.165, 1.54) is 16.7 Å². The number of hydrogen-bond acceptors (Lipinski definition) is 2. The van der Waals surface area contributed by atoms with Crippen LogP contribution in [-0.2, 0) is 6.54 Å². The van der Waals surface area contributed by atoms with Crippen molar-refractivity contribution in [2.45, 2.75) is 6.54 Å². The Morgan fingerprint density at radius 2 is 1.40 bits per heavy atom. The number of benzene rings is 2. The lowest BCUT2D eigenvalue weighted by atomic mass is 9.99. The normalized spacial score (nSPS) is 15.3. The lowest BCUT2D eigenvalue weighted by Gasteiger charge is -2.34. The van der Waals surface area contributed by atoms with Crippen LogP contribution in [0, 0.1) is 0 Å². The number of rotatable bonds is 5. The van der Waals surface area contributed by atoms with Crippen LogP contribution in [0.1, 0.15) is 5.56 Å². The maximum absolute atomic E-state index is 6.01. The standard InChI is InChI=1S/C19H22Cl2N2.2ClH/c20-9-10-22-11-13-23(14-12-22)15-17-3-1-2-4-19(17)16-5-7-18(21)8-6-16;;/h1-8H,9-15H2;2*1H. The van der Waals surface area contributed by atoms with Crippen LogP contribution in [0.3, 0.4) is 0 Å². The number of nitrogens with zero attached hydrogens (tertiary/aromatic N) is 2. The van der Waals surface area contributed by atoms with E-state index >= 15 is 0 Å². The van der Waals surface area contributed by atoms with Crippen molar-refractivity contribution in [2.24, 2.45) is 0 Å². The largest absolute Gasteiger partial charge is 0.300 e. The molecule has 0 atom stereocenters. The van der Waals surface area contributed by atoms with Gasteiger partial charge in [0, 0.05) is 50.2 Å². The van der Waals surface area contributed by atoms with Gasteiger partial charge in [0.2, 0.25) is 0 Å².